The van der Waals surface area contributed by atoms with Gasteiger partial charge in [0.1, 0.15) is 5.75 Å². The highest BCUT2D eigenvalue weighted by Gasteiger charge is 2.31. The number of fused-ring (bicyclic) bond motifs is 3. The molecule has 3 aromatic rings. The van der Waals surface area contributed by atoms with Crippen molar-refractivity contribution >= 4 is 28.6 Å². The zero-order valence-electron chi connectivity index (χ0n) is 14.2. The summed E-state index contributed by atoms with van der Waals surface area (Å²) in [5.74, 6) is 0.567. The van der Waals surface area contributed by atoms with Crippen LogP contribution in [0.15, 0.2) is 42.5 Å². The van der Waals surface area contributed by atoms with E-state index in [1.807, 2.05) is 56.3 Å². The van der Waals surface area contributed by atoms with Crippen LogP contribution in [0.25, 0.3) is 10.9 Å². The van der Waals surface area contributed by atoms with E-state index in [4.69, 9.17) is 16.3 Å². The van der Waals surface area contributed by atoms with E-state index in [1.54, 1.807) is 4.90 Å². The number of halogens is 1. The fourth-order valence-corrected chi connectivity index (χ4v) is 3.64. The van der Waals surface area contributed by atoms with Crippen molar-refractivity contribution in [2.75, 3.05) is 6.54 Å². The maximum absolute atomic E-state index is 12.6. The van der Waals surface area contributed by atoms with Crippen molar-refractivity contribution in [2.24, 2.45) is 0 Å². The van der Waals surface area contributed by atoms with Gasteiger partial charge in [0.2, 0.25) is 0 Å². The first-order valence-corrected chi connectivity index (χ1v) is 8.76. The van der Waals surface area contributed by atoms with E-state index >= 15 is 0 Å². The first kappa shape index (κ1) is 16.0. The Morgan fingerprint density at radius 3 is 2.76 bits per heavy atom. The van der Waals surface area contributed by atoms with Crippen LogP contribution in [0.5, 0.6) is 5.75 Å². The van der Waals surface area contributed by atoms with E-state index < -0.39 is 0 Å². The molecule has 1 atom stereocenters. The summed E-state index contributed by atoms with van der Waals surface area (Å²) in [5, 5.41) is 1.86. The minimum atomic E-state index is -0.321. The van der Waals surface area contributed by atoms with Gasteiger partial charge in [-0.3, -0.25) is 4.90 Å². The van der Waals surface area contributed by atoms with Crippen LogP contribution < -0.4 is 4.74 Å². The minimum absolute atomic E-state index is 0.0760. The van der Waals surface area contributed by atoms with Gasteiger partial charge in [-0.1, -0.05) is 29.3 Å². The molecule has 4 nitrogen and oxygen atoms in total. The normalized spacial score (nSPS) is 16.8. The van der Waals surface area contributed by atoms with Gasteiger partial charge in [0, 0.05) is 28.2 Å². The number of aryl methyl sites for hydroxylation is 1. The monoisotopic (exact) mass is 354 g/mol. The van der Waals surface area contributed by atoms with Gasteiger partial charge in [-0.15, -0.1) is 0 Å². The molecule has 2 aromatic carbocycles. The second-order valence-corrected chi connectivity index (χ2v) is 6.94. The number of benzene rings is 2. The smallest absolute Gasteiger partial charge is 0.410 e. The SMILES string of the molecule is Cc1ccc(OC(=O)N2CCc3c([nH]c4ccc(Cl)cc34)[C@@H]2C)cc1. The van der Waals surface area contributed by atoms with E-state index in [1.165, 1.54) is 5.56 Å². The van der Waals surface area contributed by atoms with Gasteiger partial charge < -0.3 is 9.72 Å². The van der Waals surface area contributed by atoms with Crippen molar-refractivity contribution in [3.63, 3.8) is 0 Å². The summed E-state index contributed by atoms with van der Waals surface area (Å²) >= 11 is 6.14. The number of hydrogen-bond acceptors (Lipinski definition) is 2. The zero-order chi connectivity index (χ0) is 17.6. The van der Waals surface area contributed by atoms with Crippen LogP contribution in [0.3, 0.4) is 0 Å². The fraction of sp³-hybridized carbons (Fsp3) is 0.250. The molecule has 0 fully saturated rings. The highest BCUT2D eigenvalue weighted by molar-refractivity contribution is 6.31. The third kappa shape index (κ3) is 2.87. The van der Waals surface area contributed by atoms with E-state index in [-0.39, 0.29) is 12.1 Å². The van der Waals surface area contributed by atoms with Crippen LogP contribution in [0.1, 0.15) is 29.8 Å². The molecule has 0 spiro atoms. The summed E-state index contributed by atoms with van der Waals surface area (Å²) in [6.45, 7) is 4.64. The van der Waals surface area contributed by atoms with Crippen molar-refractivity contribution in [1.82, 2.24) is 9.88 Å². The van der Waals surface area contributed by atoms with E-state index in [0.29, 0.717) is 12.3 Å². The predicted octanol–water partition coefficient (Wildman–Crippen LogP) is 5.25. The number of nitrogens with zero attached hydrogens (tertiary/aromatic N) is 1. The van der Waals surface area contributed by atoms with Gasteiger partial charge in [0.15, 0.2) is 0 Å². The zero-order valence-corrected chi connectivity index (χ0v) is 14.9. The van der Waals surface area contributed by atoms with Crippen LogP contribution in [0.2, 0.25) is 5.02 Å². The van der Waals surface area contributed by atoms with Gasteiger partial charge in [0.25, 0.3) is 0 Å². The van der Waals surface area contributed by atoms with Crippen LogP contribution in [0.4, 0.5) is 4.79 Å². The molecule has 1 aliphatic heterocycles. The summed E-state index contributed by atoms with van der Waals surface area (Å²) in [6.07, 6.45) is 0.460. The highest BCUT2D eigenvalue weighted by atomic mass is 35.5. The average molecular weight is 355 g/mol. The van der Waals surface area contributed by atoms with Crippen molar-refractivity contribution in [1.29, 1.82) is 0 Å². The molecule has 4 rings (SSSR count). The Bertz CT molecular complexity index is 946. The molecule has 25 heavy (non-hydrogen) atoms. The van der Waals surface area contributed by atoms with Gasteiger partial charge in [-0.25, -0.2) is 4.79 Å². The molecule has 128 valence electrons. The maximum atomic E-state index is 12.6. The molecule has 0 bridgehead atoms. The molecule has 0 saturated carbocycles. The molecular formula is C20H19ClN2O2. The highest BCUT2D eigenvalue weighted by Crippen LogP contribution is 2.35. The maximum Gasteiger partial charge on any atom is 0.415 e. The molecule has 1 N–H and O–H groups in total. The number of aromatic amines is 1. The lowest BCUT2D eigenvalue weighted by Crippen LogP contribution is -2.40. The summed E-state index contributed by atoms with van der Waals surface area (Å²) in [7, 11) is 0. The molecule has 0 unspecified atom stereocenters. The number of carbonyl (C=O) groups excluding carboxylic acids is 1. The Kier molecular flexibility index (Phi) is 3.92. The van der Waals surface area contributed by atoms with Gasteiger partial charge in [0.05, 0.1) is 6.04 Å². The molecular weight excluding hydrogens is 336 g/mol. The number of amides is 1. The van der Waals surface area contributed by atoms with E-state index in [0.717, 1.165) is 33.6 Å². The number of rotatable bonds is 1. The van der Waals surface area contributed by atoms with E-state index in [9.17, 15) is 4.79 Å². The minimum Gasteiger partial charge on any atom is -0.410 e. The molecule has 0 radical (unpaired) electrons. The molecule has 1 aliphatic rings. The Morgan fingerprint density at radius 2 is 2.00 bits per heavy atom. The van der Waals surface area contributed by atoms with Crippen LogP contribution in [0, 0.1) is 6.92 Å². The lowest BCUT2D eigenvalue weighted by Gasteiger charge is -2.32. The van der Waals surface area contributed by atoms with Crippen molar-refractivity contribution in [2.45, 2.75) is 26.3 Å². The Hall–Kier alpha value is -2.46. The molecule has 1 amide bonds. The van der Waals surface area contributed by atoms with Gasteiger partial charge in [-0.05, 0) is 56.2 Å². The number of H-pyrrole nitrogens is 1. The molecule has 0 aliphatic carbocycles. The average Bonchev–Trinajstić information content (AvgIpc) is 2.96. The number of aromatic nitrogens is 1. The van der Waals surface area contributed by atoms with Gasteiger partial charge in [-0.2, -0.15) is 0 Å². The van der Waals surface area contributed by atoms with E-state index in [2.05, 4.69) is 4.98 Å². The van der Waals surface area contributed by atoms with Crippen LogP contribution in [-0.4, -0.2) is 22.5 Å². The number of hydrogen-bond donors (Lipinski definition) is 1. The lowest BCUT2D eigenvalue weighted by atomic mass is 9.99. The molecule has 0 saturated heterocycles. The topological polar surface area (TPSA) is 45.3 Å². The second kappa shape index (κ2) is 6.12. The largest absolute Gasteiger partial charge is 0.415 e. The Morgan fingerprint density at radius 1 is 1.24 bits per heavy atom. The number of ether oxygens (including phenoxy) is 1. The molecule has 5 heteroatoms. The number of nitrogens with one attached hydrogen (secondary N) is 1. The van der Waals surface area contributed by atoms with Crippen molar-refractivity contribution < 1.29 is 9.53 Å². The van der Waals surface area contributed by atoms with Gasteiger partial charge >= 0.3 is 6.09 Å². The lowest BCUT2D eigenvalue weighted by molar-refractivity contribution is 0.130. The summed E-state index contributed by atoms with van der Waals surface area (Å²) in [5.41, 5.74) is 4.48. The summed E-state index contributed by atoms with van der Waals surface area (Å²) in [4.78, 5) is 17.8. The standard InChI is InChI=1S/C20H19ClN2O2/c1-12-3-6-15(7-4-12)25-20(24)23-10-9-16-17-11-14(21)5-8-18(17)22-19(16)13(23)2/h3-8,11,13,22H,9-10H2,1-2H3/t13-/m0/s1. The quantitative estimate of drug-likeness (QED) is 0.648. The predicted molar refractivity (Wildman–Crippen MR) is 99.3 cm³/mol. The Balaban J connectivity index is 1.60. The summed E-state index contributed by atoms with van der Waals surface area (Å²) < 4.78 is 5.54. The second-order valence-electron chi connectivity index (χ2n) is 6.51. The summed E-state index contributed by atoms with van der Waals surface area (Å²) in [6, 6.07) is 13.3. The third-order valence-electron chi connectivity index (χ3n) is 4.85. The Labute approximate surface area is 151 Å². The van der Waals surface area contributed by atoms with Crippen molar-refractivity contribution in [3.05, 3.63) is 64.3 Å². The fourth-order valence-electron chi connectivity index (χ4n) is 3.46. The van der Waals surface area contributed by atoms with Crippen LogP contribution >= 0.6 is 11.6 Å². The van der Waals surface area contributed by atoms with Crippen molar-refractivity contribution in [3.8, 4) is 5.75 Å². The van der Waals surface area contributed by atoms with Crippen LogP contribution in [-0.2, 0) is 6.42 Å². The molecule has 2 heterocycles. The first-order chi connectivity index (χ1) is 12.0. The first-order valence-electron chi connectivity index (χ1n) is 8.38. The molecule has 1 aromatic heterocycles. The number of carbonyl (C=O) groups is 1. The third-order valence-corrected chi connectivity index (χ3v) is 5.08.